The average Bonchev–Trinajstić information content (AvgIpc) is 2.48. The number of aromatic nitrogens is 2. The minimum atomic E-state index is 0.745. The standard InChI is InChI=1S/C10H10BrN3/c1-6-9(11)10(14-13-6)7-3-2-4-8(12)5-7/h2-5H,12H2,1H3,(H,13,14). The van der Waals surface area contributed by atoms with Crippen LogP contribution in [-0.2, 0) is 0 Å². The van der Waals surface area contributed by atoms with Gasteiger partial charge in [-0.25, -0.2) is 0 Å². The van der Waals surface area contributed by atoms with Crippen molar-refractivity contribution in [1.82, 2.24) is 10.2 Å². The number of halogens is 1. The van der Waals surface area contributed by atoms with Crippen molar-refractivity contribution in [3.63, 3.8) is 0 Å². The molecule has 2 rings (SSSR count). The molecule has 0 spiro atoms. The first kappa shape index (κ1) is 9.27. The van der Waals surface area contributed by atoms with E-state index < -0.39 is 0 Å². The second-order valence-electron chi connectivity index (χ2n) is 3.14. The highest BCUT2D eigenvalue weighted by Crippen LogP contribution is 2.29. The molecular formula is C10H10BrN3. The van der Waals surface area contributed by atoms with Crippen molar-refractivity contribution in [2.75, 3.05) is 5.73 Å². The molecule has 1 aromatic heterocycles. The molecule has 0 radical (unpaired) electrons. The zero-order valence-electron chi connectivity index (χ0n) is 7.71. The minimum absolute atomic E-state index is 0.745. The van der Waals surface area contributed by atoms with E-state index in [2.05, 4.69) is 26.1 Å². The smallest absolute Gasteiger partial charge is 0.107 e. The molecule has 14 heavy (non-hydrogen) atoms. The summed E-state index contributed by atoms with van der Waals surface area (Å²) < 4.78 is 0.989. The van der Waals surface area contributed by atoms with Crippen LogP contribution in [0.4, 0.5) is 5.69 Å². The summed E-state index contributed by atoms with van der Waals surface area (Å²) in [4.78, 5) is 0. The monoisotopic (exact) mass is 251 g/mol. The maximum absolute atomic E-state index is 5.70. The second-order valence-corrected chi connectivity index (χ2v) is 3.93. The van der Waals surface area contributed by atoms with Gasteiger partial charge in [-0.15, -0.1) is 0 Å². The van der Waals surface area contributed by atoms with E-state index in [0.29, 0.717) is 0 Å². The number of nitrogens with two attached hydrogens (primary N) is 1. The summed E-state index contributed by atoms with van der Waals surface area (Å²) in [6, 6.07) is 7.66. The number of nitrogens with one attached hydrogen (secondary N) is 1. The fourth-order valence-electron chi connectivity index (χ4n) is 1.29. The predicted octanol–water partition coefficient (Wildman–Crippen LogP) is 2.73. The molecule has 0 saturated heterocycles. The first-order valence-corrected chi connectivity index (χ1v) is 5.04. The van der Waals surface area contributed by atoms with Crippen molar-refractivity contribution in [3.8, 4) is 11.3 Å². The molecule has 0 unspecified atom stereocenters. The summed E-state index contributed by atoms with van der Waals surface area (Å²) in [6.07, 6.45) is 0. The quantitative estimate of drug-likeness (QED) is 0.766. The summed E-state index contributed by atoms with van der Waals surface area (Å²) >= 11 is 3.48. The van der Waals surface area contributed by atoms with Crippen LogP contribution in [0.15, 0.2) is 28.7 Å². The van der Waals surface area contributed by atoms with Crippen LogP contribution < -0.4 is 5.73 Å². The van der Waals surface area contributed by atoms with E-state index >= 15 is 0 Å². The molecule has 0 atom stereocenters. The Balaban J connectivity index is 2.55. The van der Waals surface area contributed by atoms with Gasteiger partial charge in [0.05, 0.1) is 4.47 Å². The Morgan fingerprint density at radius 2 is 2.21 bits per heavy atom. The van der Waals surface area contributed by atoms with Crippen molar-refractivity contribution < 1.29 is 0 Å². The first-order chi connectivity index (χ1) is 6.68. The number of aryl methyl sites for hydroxylation is 1. The van der Waals surface area contributed by atoms with Gasteiger partial charge in [-0.3, -0.25) is 5.10 Å². The number of hydrogen-bond donors (Lipinski definition) is 2. The largest absolute Gasteiger partial charge is 0.399 e. The SMILES string of the molecule is Cc1[nH]nc(-c2cccc(N)c2)c1Br. The summed E-state index contributed by atoms with van der Waals surface area (Å²) in [6.45, 7) is 1.97. The Labute approximate surface area is 90.5 Å². The summed E-state index contributed by atoms with van der Waals surface area (Å²) in [5.74, 6) is 0. The molecule has 0 aliphatic heterocycles. The van der Waals surface area contributed by atoms with E-state index in [1.165, 1.54) is 0 Å². The van der Waals surface area contributed by atoms with Gasteiger partial charge in [0.15, 0.2) is 0 Å². The van der Waals surface area contributed by atoms with Gasteiger partial charge in [0.2, 0.25) is 0 Å². The minimum Gasteiger partial charge on any atom is -0.399 e. The maximum atomic E-state index is 5.70. The van der Waals surface area contributed by atoms with Gasteiger partial charge in [0.25, 0.3) is 0 Å². The number of anilines is 1. The highest BCUT2D eigenvalue weighted by atomic mass is 79.9. The molecule has 3 N–H and O–H groups in total. The number of benzene rings is 1. The molecule has 0 amide bonds. The molecule has 72 valence electrons. The molecular weight excluding hydrogens is 242 g/mol. The van der Waals surface area contributed by atoms with Crippen LogP contribution in [0.5, 0.6) is 0 Å². The van der Waals surface area contributed by atoms with Crippen molar-refractivity contribution in [2.24, 2.45) is 0 Å². The Kier molecular flexibility index (Phi) is 2.29. The maximum Gasteiger partial charge on any atom is 0.107 e. The van der Waals surface area contributed by atoms with E-state index in [-0.39, 0.29) is 0 Å². The Hall–Kier alpha value is -1.29. The second kappa shape index (κ2) is 3.46. The molecule has 1 aromatic carbocycles. The van der Waals surface area contributed by atoms with Crippen LogP contribution in [0, 0.1) is 6.92 Å². The number of rotatable bonds is 1. The van der Waals surface area contributed by atoms with Crippen LogP contribution >= 0.6 is 15.9 Å². The molecule has 0 saturated carbocycles. The van der Waals surface area contributed by atoms with Gasteiger partial charge < -0.3 is 5.73 Å². The summed E-state index contributed by atoms with van der Waals surface area (Å²) in [5, 5.41) is 7.12. The lowest BCUT2D eigenvalue weighted by atomic mass is 10.1. The summed E-state index contributed by atoms with van der Waals surface area (Å²) in [5.41, 5.74) is 9.37. The fraction of sp³-hybridized carbons (Fsp3) is 0.100. The number of nitrogen functional groups attached to an aromatic ring is 1. The third-order valence-corrected chi connectivity index (χ3v) is 3.00. The van der Waals surface area contributed by atoms with Crippen molar-refractivity contribution in [1.29, 1.82) is 0 Å². The Morgan fingerprint density at radius 1 is 1.43 bits per heavy atom. The van der Waals surface area contributed by atoms with Crippen molar-refractivity contribution >= 4 is 21.6 Å². The molecule has 0 aliphatic carbocycles. The molecule has 0 bridgehead atoms. The number of nitrogens with zero attached hydrogens (tertiary/aromatic N) is 1. The molecule has 4 heteroatoms. The zero-order valence-corrected chi connectivity index (χ0v) is 9.30. The topological polar surface area (TPSA) is 54.7 Å². The van der Waals surface area contributed by atoms with Crippen LogP contribution in [0.1, 0.15) is 5.69 Å². The Morgan fingerprint density at radius 3 is 2.79 bits per heavy atom. The molecule has 1 heterocycles. The lowest BCUT2D eigenvalue weighted by Crippen LogP contribution is -1.85. The fourth-order valence-corrected chi connectivity index (χ4v) is 1.70. The number of aromatic amines is 1. The van der Waals surface area contributed by atoms with Gasteiger partial charge in [-0.2, -0.15) is 5.10 Å². The van der Waals surface area contributed by atoms with Crippen LogP contribution in [0.3, 0.4) is 0 Å². The van der Waals surface area contributed by atoms with Crippen LogP contribution in [-0.4, -0.2) is 10.2 Å². The summed E-state index contributed by atoms with van der Waals surface area (Å²) in [7, 11) is 0. The van der Waals surface area contributed by atoms with Gasteiger partial charge in [-0.05, 0) is 35.0 Å². The van der Waals surface area contributed by atoms with E-state index in [4.69, 9.17) is 5.73 Å². The molecule has 0 fully saturated rings. The third-order valence-electron chi connectivity index (χ3n) is 2.03. The van der Waals surface area contributed by atoms with Crippen molar-refractivity contribution in [3.05, 3.63) is 34.4 Å². The third kappa shape index (κ3) is 1.53. The average molecular weight is 252 g/mol. The van der Waals surface area contributed by atoms with Gasteiger partial charge in [0, 0.05) is 16.9 Å². The lowest BCUT2D eigenvalue weighted by molar-refractivity contribution is 1.05. The van der Waals surface area contributed by atoms with E-state index in [0.717, 1.165) is 27.1 Å². The molecule has 2 aromatic rings. The van der Waals surface area contributed by atoms with E-state index in [9.17, 15) is 0 Å². The zero-order chi connectivity index (χ0) is 10.1. The first-order valence-electron chi connectivity index (χ1n) is 4.25. The van der Waals surface area contributed by atoms with E-state index in [1.807, 2.05) is 31.2 Å². The normalized spacial score (nSPS) is 10.4. The Bertz CT molecular complexity index is 462. The highest BCUT2D eigenvalue weighted by Gasteiger charge is 2.08. The van der Waals surface area contributed by atoms with Crippen molar-refractivity contribution in [2.45, 2.75) is 6.92 Å². The van der Waals surface area contributed by atoms with Crippen LogP contribution in [0.2, 0.25) is 0 Å². The van der Waals surface area contributed by atoms with Gasteiger partial charge in [0.1, 0.15) is 5.69 Å². The van der Waals surface area contributed by atoms with Crippen LogP contribution in [0.25, 0.3) is 11.3 Å². The number of H-pyrrole nitrogens is 1. The predicted molar refractivity (Wildman–Crippen MR) is 60.9 cm³/mol. The lowest BCUT2D eigenvalue weighted by Gasteiger charge is -1.98. The number of hydrogen-bond acceptors (Lipinski definition) is 2. The van der Waals surface area contributed by atoms with Gasteiger partial charge in [-0.1, -0.05) is 12.1 Å². The highest BCUT2D eigenvalue weighted by molar-refractivity contribution is 9.10. The molecule has 3 nitrogen and oxygen atoms in total. The van der Waals surface area contributed by atoms with E-state index in [1.54, 1.807) is 0 Å². The van der Waals surface area contributed by atoms with Gasteiger partial charge >= 0.3 is 0 Å². The molecule has 0 aliphatic rings.